The highest BCUT2D eigenvalue weighted by Crippen LogP contribution is 2.39. The van der Waals surface area contributed by atoms with Crippen molar-refractivity contribution in [1.29, 1.82) is 0 Å². The van der Waals surface area contributed by atoms with Crippen molar-refractivity contribution in [2.45, 2.75) is 0 Å². The van der Waals surface area contributed by atoms with Gasteiger partial charge in [-0.2, -0.15) is 0 Å². The first kappa shape index (κ1) is 31.9. The van der Waals surface area contributed by atoms with Gasteiger partial charge in [0.1, 0.15) is 0 Å². The molecule has 7 aromatic carbocycles. The van der Waals surface area contributed by atoms with Gasteiger partial charge in [0.2, 0.25) is 0 Å². The van der Waals surface area contributed by atoms with Crippen LogP contribution in [0.2, 0.25) is 0 Å². The molecule has 262 valence electrons. The maximum absolute atomic E-state index is 5.15. The minimum absolute atomic E-state index is 0.933. The third kappa shape index (κ3) is 5.31. The zero-order valence-electron chi connectivity index (χ0n) is 30.4. The first-order chi connectivity index (χ1) is 27.8. The molecule has 4 heteroatoms. The Kier molecular flexibility index (Phi) is 7.46. The molecule has 4 nitrogen and oxygen atoms in total. The molecule has 0 atom stereocenters. The van der Waals surface area contributed by atoms with E-state index in [1.165, 1.54) is 38.5 Å². The molecule has 0 aliphatic heterocycles. The number of fused-ring (bicyclic) bond motifs is 6. The molecule has 56 heavy (non-hydrogen) atoms. The van der Waals surface area contributed by atoms with Crippen molar-refractivity contribution in [2.75, 3.05) is 0 Å². The number of nitrogens with zero attached hydrogens (tertiary/aromatic N) is 4. The van der Waals surface area contributed by atoms with E-state index >= 15 is 0 Å². The summed E-state index contributed by atoms with van der Waals surface area (Å²) >= 11 is 0. The molecule has 0 unspecified atom stereocenters. The second-order valence-corrected chi connectivity index (χ2v) is 14.3. The Morgan fingerprint density at radius 1 is 0.304 bits per heavy atom. The molecule has 0 aliphatic carbocycles. The van der Waals surface area contributed by atoms with E-state index in [1.54, 1.807) is 0 Å². The highest BCUT2D eigenvalue weighted by molar-refractivity contribution is 6.12. The lowest BCUT2D eigenvalue weighted by molar-refractivity contribution is 1.15. The monoisotopic (exact) mass is 714 g/mol. The van der Waals surface area contributed by atoms with E-state index in [2.05, 4.69) is 196 Å². The van der Waals surface area contributed by atoms with Crippen LogP contribution in [0.1, 0.15) is 0 Å². The molecule has 0 amide bonds. The zero-order valence-corrected chi connectivity index (χ0v) is 30.4. The predicted molar refractivity (Wildman–Crippen MR) is 232 cm³/mol. The van der Waals surface area contributed by atoms with Crippen LogP contribution in [0.4, 0.5) is 0 Å². The number of rotatable bonds is 6. The van der Waals surface area contributed by atoms with Crippen molar-refractivity contribution in [1.82, 2.24) is 19.1 Å². The summed E-state index contributed by atoms with van der Waals surface area (Å²) < 4.78 is 4.74. The third-order valence-electron chi connectivity index (χ3n) is 11.0. The Labute approximate surface area is 324 Å². The molecule has 0 saturated carbocycles. The van der Waals surface area contributed by atoms with Crippen molar-refractivity contribution >= 4 is 43.6 Å². The standard InChI is InChI=1S/C52H34N4/c1-4-12-35(13-5-1)36-20-24-41(25-21-36)55-49-19-11-10-18-43(49)44-30-39(22-26-50(44)55)40-23-27-51-45(31-40)46-34-53-29-28-52(46)56(51)42-32-47(37-14-6-2-7-15-37)54-48(33-42)38-16-8-3-9-17-38/h1-34H. The average molecular weight is 715 g/mol. The highest BCUT2D eigenvalue weighted by atomic mass is 15.0. The lowest BCUT2D eigenvalue weighted by Gasteiger charge is -2.13. The normalized spacial score (nSPS) is 11.6. The van der Waals surface area contributed by atoms with E-state index in [9.17, 15) is 0 Å². The summed E-state index contributed by atoms with van der Waals surface area (Å²) in [7, 11) is 0. The third-order valence-corrected chi connectivity index (χ3v) is 11.0. The summed E-state index contributed by atoms with van der Waals surface area (Å²) in [6, 6.07) is 69.3. The summed E-state index contributed by atoms with van der Waals surface area (Å²) in [6.07, 6.45) is 3.88. The minimum atomic E-state index is 0.933. The number of pyridine rings is 2. The van der Waals surface area contributed by atoms with Gasteiger partial charge in [-0.1, -0.05) is 133 Å². The van der Waals surface area contributed by atoms with Gasteiger partial charge < -0.3 is 9.13 Å². The lowest BCUT2D eigenvalue weighted by Crippen LogP contribution is -1.98. The number of aromatic nitrogens is 4. The quantitative estimate of drug-likeness (QED) is 0.172. The van der Waals surface area contributed by atoms with Crippen molar-refractivity contribution < 1.29 is 0 Å². The molecule has 0 fully saturated rings. The summed E-state index contributed by atoms with van der Waals surface area (Å²) in [6.45, 7) is 0. The summed E-state index contributed by atoms with van der Waals surface area (Å²) in [4.78, 5) is 9.76. The van der Waals surface area contributed by atoms with Gasteiger partial charge in [0.05, 0.1) is 39.1 Å². The molecule has 4 aromatic heterocycles. The maximum Gasteiger partial charge on any atom is 0.0730 e. The van der Waals surface area contributed by atoms with Gasteiger partial charge in [-0.05, 0) is 82.9 Å². The fraction of sp³-hybridized carbons (Fsp3) is 0. The van der Waals surface area contributed by atoms with E-state index in [1.807, 2.05) is 24.5 Å². The number of hydrogen-bond acceptors (Lipinski definition) is 2. The molecule has 0 bridgehead atoms. The van der Waals surface area contributed by atoms with Gasteiger partial charge >= 0.3 is 0 Å². The molecule has 0 spiro atoms. The summed E-state index contributed by atoms with van der Waals surface area (Å²) in [5.41, 5.74) is 15.6. The van der Waals surface area contributed by atoms with Gasteiger partial charge in [-0.25, -0.2) is 4.98 Å². The molecule has 0 aliphatic rings. The topological polar surface area (TPSA) is 35.6 Å². The van der Waals surface area contributed by atoms with Crippen LogP contribution in [-0.4, -0.2) is 19.1 Å². The van der Waals surface area contributed by atoms with Crippen LogP contribution in [0, 0.1) is 0 Å². The van der Waals surface area contributed by atoms with Gasteiger partial charge in [0.15, 0.2) is 0 Å². The summed E-state index contributed by atoms with van der Waals surface area (Å²) in [5, 5.41) is 4.74. The molecule has 11 aromatic rings. The Balaban J connectivity index is 1.06. The first-order valence-electron chi connectivity index (χ1n) is 19.0. The van der Waals surface area contributed by atoms with Gasteiger partial charge in [0.25, 0.3) is 0 Å². The van der Waals surface area contributed by atoms with Crippen molar-refractivity contribution in [3.8, 4) is 56.1 Å². The maximum atomic E-state index is 5.15. The van der Waals surface area contributed by atoms with Gasteiger partial charge in [-0.15, -0.1) is 0 Å². The first-order valence-corrected chi connectivity index (χ1v) is 19.0. The minimum Gasteiger partial charge on any atom is -0.309 e. The van der Waals surface area contributed by atoms with E-state index in [0.29, 0.717) is 0 Å². The largest absolute Gasteiger partial charge is 0.309 e. The SMILES string of the molecule is c1ccc(-c2ccc(-n3c4ccccc4c4cc(-c5ccc6c(c5)c5cnccc5n6-c5cc(-c6ccccc6)nc(-c6ccccc6)c5)ccc43)cc2)cc1. The average Bonchev–Trinajstić information content (AvgIpc) is 3.79. The van der Waals surface area contributed by atoms with Crippen LogP contribution < -0.4 is 0 Å². The number of hydrogen-bond donors (Lipinski definition) is 0. The molecule has 11 rings (SSSR count). The van der Waals surface area contributed by atoms with E-state index in [0.717, 1.165) is 61.3 Å². The predicted octanol–water partition coefficient (Wildman–Crippen LogP) is 13.3. The van der Waals surface area contributed by atoms with Crippen LogP contribution in [0.25, 0.3) is 99.8 Å². The molecule has 4 heterocycles. The summed E-state index contributed by atoms with van der Waals surface area (Å²) in [5.74, 6) is 0. The van der Waals surface area contributed by atoms with Crippen molar-refractivity contribution in [3.63, 3.8) is 0 Å². The molecule has 0 saturated heterocycles. The Bertz CT molecular complexity index is 3160. The fourth-order valence-corrected chi connectivity index (χ4v) is 8.35. The van der Waals surface area contributed by atoms with Crippen LogP contribution in [0.3, 0.4) is 0 Å². The van der Waals surface area contributed by atoms with E-state index in [-0.39, 0.29) is 0 Å². The van der Waals surface area contributed by atoms with Crippen LogP contribution in [0.5, 0.6) is 0 Å². The number of para-hydroxylation sites is 1. The zero-order chi connectivity index (χ0) is 37.0. The Hall–Kier alpha value is -7.56. The Morgan fingerprint density at radius 3 is 1.39 bits per heavy atom. The van der Waals surface area contributed by atoms with E-state index in [4.69, 9.17) is 4.98 Å². The Morgan fingerprint density at radius 2 is 0.768 bits per heavy atom. The molecular formula is C52H34N4. The van der Waals surface area contributed by atoms with Gasteiger partial charge in [0, 0.05) is 50.8 Å². The van der Waals surface area contributed by atoms with Crippen molar-refractivity contribution in [2.24, 2.45) is 0 Å². The van der Waals surface area contributed by atoms with E-state index < -0.39 is 0 Å². The van der Waals surface area contributed by atoms with Gasteiger partial charge in [-0.3, -0.25) is 4.98 Å². The second-order valence-electron chi connectivity index (χ2n) is 14.3. The molecule has 0 N–H and O–H groups in total. The lowest BCUT2D eigenvalue weighted by atomic mass is 10.0. The fourth-order valence-electron chi connectivity index (χ4n) is 8.35. The van der Waals surface area contributed by atoms with Crippen LogP contribution in [-0.2, 0) is 0 Å². The van der Waals surface area contributed by atoms with Crippen LogP contribution in [0.15, 0.2) is 207 Å². The number of benzene rings is 7. The second kappa shape index (κ2) is 13.1. The molecular weight excluding hydrogens is 681 g/mol. The van der Waals surface area contributed by atoms with Crippen LogP contribution >= 0.6 is 0 Å². The van der Waals surface area contributed by atoms with Crippen molar-refractivity contribution in [3.05, 3.63) is 207 Å². The highest BCUT2D eigenvalue weighted by Gasteiger charge is 2.18. The molecule has 0 radical (unpaired) electrons. The smallest absolute Gasteiger partial charge is 0.0730 e.